The summed E-state index contributed by atoms with van der Waals surface area (Å²) in [7, 11) is 0. The molecule has 2 aromatic rings. The topological polar surface area (TPSA) is 75.1 Å². The minimum absolute atomic E-state index is 0.137. The first-order valence-corrected chi connectivity index (χ1v) is 6.85. The molecule has 0 unspecified atom stereocenters. The number of nitrogens with one attached hydrogen (secondary N) is 1. The Labute approximate surface area is 124 Å². The predicted octanol–water partition coefficient (Wildman–Crippen LogP) is 3.00. The predicted molar refractivity (Wildman–Crippen MR) is 81.5 cm³/mol. The van der Waals surface area contributed by atoms with Crippen molar-refractivity contribution in [1.29, 1.82) is 0 Å². The van der Waals surface area contributed by atoms with Crippen molar-refractivity contribution in [1.82, 2.24) is 10.2 Å². The minimum atomic E-state index is -1.01. The average molecular weight is 285 g/mol. The number of hydrogen-bond donors (Lipinski definition) is 2. The fourth-order valence-electron chi connectivity index (χ4n) is 2.08. The zero-order valence-electron chi connectivity index (χ0n) is 12.2. The summed E-state index contributed by atoms with van der Waals surface area (Å²) in [5, 5.41) is 20.0. The zero-order chi connectivity index (χ0) is 15.3. The van der Waals surface area contributed by atoms with Gasteiger partial charge in [-0.2, -0.15) is 5.10 Å². The highest BCUT2D eigenvalue weighted by Gasteiger charge is 2.21. The second-order valence-corrected chi connectivity index (χ2v) is 5.59. The van der Waals surface area contributed by atoms with Gasteiger partial charge in [0.2, 0.25) is 0 Å². The standard InChI is InChI=1S/C16H19N3O2/c1-16(2,10-8-12-6-4-3-5-7-12)18-14-13(15(20)21)9-11-17-19-14/h3-7,9,11H,8,10H2,1-2H3,(H,18,19)(H,20,21). The van der Waals surface area contributed by atoms with Gasteiger partial charge in [-0.25, -0.2) is 4.79 Å². The van der Waals surface area contributed by atoms with E-state index in [0.717, 1.165) is 12.8 Å². The lowest BCUT2D eigenvalue weighted by molar-refractivity contribution is 0.0697. The number of rotatable bonds is 6. The fraction of sp³-hybridized carbons (Fsp3) is 0.312. The van der Waals surface area contributed by atoms with Crippen LogP contribution in [0.15, 0.2) is 42.6 Å². The van der Waals surface area contributed by atoms with Gasteiger partial charge >= 0.3 is 5.97 Å². The number of hydrogen-bond acceptors (Lipinski definition) is 4. The van der Waals surface area contributed by atoms with Crippen LogP contribution in [0.3, 0.4) is 0 Å². The van der Waals surface area contributed by atoms with Gasteiger partial charge in [0.05, 0.1) is 6.20 Å². The van der Waals surface area contributed by atoms with Crippen molar-refractivity contribution in [2.24, 2.45) is 0 Å². The first-order valence-electron chi connectivity index (χ1n) is 6.85. The number of benzene rings is 1. The van der Waals surface area contributed by atoms with Crippen LogP contribution in [0.2, 0.25) is 0 Å². The lowest BCUT2D eigenvalue weighted by atomic mass is 9.95. The molecule has 1 aromatic heterocycles. The van der Waals surface area contributed by atoms with Gasteiger partial charge in [0.15, 0.2) is 5.82 Å². The first-order chi connectivity index (χ1) is 9.98. The van der Waals surface area contributed by atoms with Crippen LogP contribution in [0, 0.1) is 0 Å². The number of carboxylic acids is 1. The summed E-state index contributed by atoms with van der Waals surface area (Å²) < 4.78 is 0. The van der Waals surface area contributed by atoms with Gasteiger partial charge < -0.3 is 10.4 Å². The number of aryl methyl sites for hydroxylation is 1. The van der Waals surface area contributed by atoms with Crippen LogP contribution in [0.4, 0.5) is 5.82 Å². The van der Waals surface area contributed by atoms with Gasteiger partial charge in [0, 0.05) is 5.54 Å². The van der Waals surface area contributed by atoms with Crippen molar-refractivity contribution in [3.63, 3.8) is 0 Å². The molecule has 0 amide bonds. The highest BCUT2D eigenvalue weighted by molar-refractivity contribution is 5.92. The molecule has 21 heavy (non-hydrogen) atoms. The monoisotopic (exact) mass is 285 g/mol. The lowest BCUT2D eigenvalue weighted by Gasteiger charge is -2.27. The molecule has 1 heterocycles. The third kappa shape index (κ3) is 4.27. The number of anilines is 1. The number of carbonyl (C=O) groups is 1. The summed E-state index contributed by atoms with van der Waals surface area (Å²) in [4.78, 5) is 11.2. The van der Waals surface area contributed by atoms with E-state index >= 15 is 0 Å². The molecule has 5 heteroatoms. The van der Waals surface area contributed by atoms with Crippen LogP contribution in [0.5, 0.6) is 0 Å². The summed E-state index contributed by atoms with van der Waals surface area (Å²) in [5.41, 5.74) is 1.11. The average Bonchev–Trinajstić information content (AvgIpc) is 2.46. The second-order valence-electron chi connectivity index (χ2n) is 5.59. The maximum absolute atomic E-state index is 11.2. The quantitative estimate of drug-likeness (QED) is 0.853. The van der Waals surface area contributed by atoms with E-state index in [9.17, 15) is 4.79 Å². The Morgan fingerprint density at radius 1 is 1.24 bits per heavy atom. The molecule has 0 spiro atoms. The smallest absolute Gasteiger partial charge is 0.339 e. The van der Waals surface area contributed by atoms with E-state index in [0.29, 0.717) is 5.82 Å². The van der Waals surface area contributed by atoms with Crippen molar-refractivity contribution < 1.29 is 9.90 Å². The van der Waals surface area contributed by atoms with Gasteiger partial charge in [0.1, 0.15) is 5.56 Å². The van der Waals surface area contributed by atoms with Crippen molar-refractivity contribution >= 4 is 11.8 Å². The maximum Gasteiger partial charge on any atom is 0.339 e. The molecule has 0 aliphatic carbocycles. The molecule has 2 N–H and O–H groups in total. The molecule has 0 aliphatic rings. The SMILES string of the molecule is CC(C)(CCc1ccccc1)Nc1nnccc1C(=O)O. The van der Waals surface area contributed by atoms with Crippen LogP contribution in [0.1, 0.15) is 36.2 Å². The van der Waals surface area contributed by atoms with Crippen LogP contribution in [0.25, 0.3) is 0 Å². The highest BCUT2D eigenvalue weighted by Crippen LogP contribution is 2.21. The van der Waals surface area contributed by atoms with Crippen molar-refractivity contribution in [3.8, 4) is 0 Å². The molecule has 110 valence electrons. The van der Waals surface area contributed by atoms with Gasteiger partial charge in [0.25, 0.3) is 0 Å². The number of aromatic carboxylic acids is 1. The van der Waals surface area contributed by atoms with E-state index in [1.807, 2.05) is 32.0 Å². The van der Waals surface area contributed by atoms with Crippen LogP contribution < -0.4 is 5.32 Å². The van der Waals surface area contributed by atoms with Gasteiger partial charge in [-0.05, 0) is 38.3 Å². The van der Waals surface area contributed by atoms with Crippen LogP contribution >= 0.6 is 0 Å². The van der Waals surface area contributed by atoms with E-state index in [1.165, 1.54) is 17.8 Å². The van der Waals surface area contributed by atoms with E-state index < -0.39 is 5.97 Å². The Morgan fingerprint density at radius 3 is 2.62 bits per heavy atom. The molecular formula is C16H19N3O2. The second kappa shape index (κ2) is 6.35. The summed E-state index contributed by atoms with van der Waals surface area (Å²) >= 11 is 0. The Bertz CT molecular complexity index is 612. The third-order valence-electron chi connectivity index (χ3n) is 3.29. The minimum Gasteiger partial charge on any atom is -0.478 e. The van der Waals surface area contributed by atoms with E-state index in [4.69, 9.17) is 5.11 Å². The van der Waals surface area contributed by atoms with Gasteiger partial charge in [-0.1, -0.05) is 30.3 Å². The molecule has 0 bridgehead atoms. The largest absolute Gasteiger partial charge is 0.478 e. The molecule has 1 aromatic carbocycles. The summed E-state index contributed by atoms with van der Waals surface area (Å²) in [6.45, 7) is 4.05. The van der Waals surface area contributed by atoms with Crippen molar-refractivity contribution in [2.45, 2.75) is 32.2 Å². The van der Waals surface area contributed by atoms with Crippen molar-refractivity contribution in [2.75, 3.05) is 5.32 Å². The Balaban J connectivity index is 2.05. The Morgan fingerprint density at radius 2 is 1.95 bits per heavy atom. The number of aromatic nitrogens is 2. The molecule has 0 radical (unpaired) electrons. The summed E-state index contributed by atoms with van der Waals surface area (Å²) in [6, 6.07) is 11.6. The van der Waals surface area contributed by atoms with E-state index in [2.05, 4.69) is 27.6 Å². The highest BCUT2D eigenvalue weighted by atomic mass is 16.4. The normalized spacial score (nSPS) is 11.1. The summed E-state index contributed by atoms with van der Waals surface area (Å²) in [5.74, 6) is -0.700. The molecule has 0 saturated carbocycles. The third-order valence-corrected chi connectivity index (χ3v) is 3.29. The summed E-state index contributed by atoms with van der Waals surface area (Å²) in [6.07, 6.45) is 3.14. The maximum atomic E-state index is 11.2. The Hall–Kier alpha value is -2.43. The van der Waals surface area contributed by atoms with Gasteiger partial charge in [-0.15, -0.1) is 5.10 Å². The molecule has 0 atom stereocenters. The number of carboxylic acid groups (broad SMARTS) is 1. The first kappa shape index (κ1) is 15.0. The van der Waals surface area contributed by atoms with Crippen molar-refractivity contribution in [3.05, 3.63) is 53.7 Å². The molecule has 2 rings (SSSR count). The number of nitrogens with zero attached hydrogens (tertiary/aromatic N) is 2. The molecule has 0 saturated heterocycles. The molecular weight excluding hydrogens is 266 g/mol. The fourth-order valence-corrected chi connectivity index (χ4v) is 2.08. The van der Waals surface area contributed by atoms with Crippen LogP contribution in [-0.2, 0) is 6.42 Å². The zero-order valence-corrected chi connectivity index (χ0v) is 12.2. The lowest BCUT2D eigenvalue weighted by Crippen LogP contribution is -2.33. The molecule has 5 nitrogen and oxygen atoms in total. The molecule has 0 aliphatic heterocycles. The van der Waals surface area contributed by atoms with Crippen LogP contribution in [-0.4, -0.2) is 26.8 Å². The molecule has 0 fully saturated rings. The van der Waals surface area contributed by atoms with E-state index in [1.54, 1.807) is 0 Å². The Kier molecular flexibility index (Phi) is 4.52. The van der Waals surface area contributed by atoms with E-state index in [-0.39, 0.29) is 11.1 Å². The van der Waals surface area contributed by atoms with Gasteiger partial charge in [-0.3, -0.25) is 0 Å².